The molecule has 0 bridgehead atoms. The quantitative estimate of drug-likeness (QED) is 0.617. The van der Waals surface area contributed by atoms with E-state index in [0.717, 1.165) is 37.8 Å². The maximum Gasteiger partial charge on any atom is 0.0907 e. The van der Waals surface area contributed by atoms with Crippen LogP contribution in [-0.4, -0.2) is 29.4 Å². The van der Waals surface area contributed by atoms with Gasteiger partial charge in [0.15, 0.2) is 0 Å². The molecule has 0 aliphatic rings. The summed E-state index contributed by atoms with van der Waals surface area (Å²) >= 11 is 8.07. The van der Waals surface area contributed by atoms with Gasteiger partial charge in [-0.1, -0.05) is 23.7 Å². The molecule has 3 aromatic rings. The smallest absolute Gasteiger partial charge is 0.0907 e. The minimum Gasteiger partial charge on any atom is -0.387 e. The van der Waals surface area contributed by atoms with Gasteiger partial charge in [-0.25, -0.2) is 0 Å². The third kappa shape index (κ3) is 4.51. The molecule has 0 aliphatic carbocycles. The lowest BCUT2D eigenvalue weighted by atomic mass is 9.99. The number of aliphatic hydroxyl groups is 1. The SMILES string of the molecule is COCC(C)(O)Cc1cc(-c2csc(-c3ccc(C)cc3Cl)c2)ccn1. The van der Waals surface area contributed by atoms with Crippen LogP contribution in [0.3, 0.4) is 0 Å². The van der Waals surface area contributed by atoms with Crippen molar-refractivity contribution in [2.75, 3.05) is 13.7 Å². The second kappa shape index (κ2) is 7.89. The lowest BCUT2D eigenvalue weighted by molar-refractivity contribution is -0.0167. The van der Waals surface area contributed by atoms with Gasteiger partial charge in [-0.05, 0) is 60.2 Å². The van der Waals surface area contributed by atoms with Crippen LogP contribution in [0.5, 0.6) is 0 Å². The van der Waals surface area contributed by atoms with Crippen molar-refractivity contribution < 1.29 is 9.84 Å². The van der Waals surface area contributed by atoms with Crippen LogP contribution in [0, 0.1) is 6.92 Å². The number of benzene rings is 1. The minimum absolute atomic E-state index is 0.271. The Bertz CT molecular complexity index is 905. The number of pyridine rings is 1. The monoisotopic (exact) mass is 387 g/mol. The Labute approximate surface area is 163 Å². The second-order valence-electron chi connectivity index (χ2n) is 6.83. The molecule has 0 saturated heterocycles. The van der Waals surface area contributed by atoms with Gasteiger partial charge in [-0.2, -0.15) is 0 Å². The van der Waals surface area contributed by atoms with Crippen molar-refractivity contribution >= 4 is 22.9 Å². The Morgan fingerprint density at radius 1 is 1.19 bits per heavy atom. The van der Waals surface area contributed by atoms with Crippen molar-refractivity contribution in [2.24, 2.45) is 0 Å². The first kappa shape index (κ1) is 19.1. The number of hydrogen-bond acceptors (Lipinski definition) is 4. The third-order valence-corrected chi connectivity index (χ3v) is 5.43. The van der Waals surface area contributed by atoms with E-state index in [9.17, 15) is 5.11 Å². The molecule has 0 fully saturated rings. The molecule has 1 atom stereocenters. The van der Waals surface area contributed by atoms with Crippen LogP contribution in [0.1, 0.15) is 18.2 Å². The minimum atomic E-state index is -0.935. The molecule has 26 heavy (non-hydrogen) atoms. The van der Waals surface area contributed by atoms with Crippen molar-refractivity contribution in [3.05, 3.63) is 64.3 Å². The summed E-state index contributed by atoms with van der Waals surface area (Å²) in [5, 5.41) is 13.2. The van der Waals surface area contributed by atoms with E-state index in [0.29, 0.717) is 6.42 Å². The summed E-state index contributed by atoms with van der Waals surface area (Å²) in [6.07, 6.45) is 2.22. The van der Waals surface area contributed by atoms with E-state index in [4.69, 9.17) is 16.3 Å². The molecular weight excluding hydrogens is 366 g/mol. The molecule has 2 heterocycles. The molecule has 3 nitrogen and oxygen atoms in total. The largest absolute Gasteiger partial charge is 0.387 e. The van der Waals surface area contributed by atoms with Gasteiger partial charge in [0.1, 0.15) is 0 Å². The summed E-state index contributed by atoms with van der Waals surface area (Å²) in [5.74, 6) is 0. The average molecular weight is 388 g/mol. The fourth-order valence-corrected chi connectivity index (χ4v) is 4.31. The molecule has 1 N–H and O–H groups in total. The summed E-state index contributed by atoms with van der Waals surface area (Å²) < 4.78 is 5.08. The number of ether oxygens (including phenoxy) is 1. The van der Waals surface area contributed by atoms with Gasteiger partial charge < -0.3 is 9.84 Å². The Balaban J connectivity index is 1.86. The Morgan fingerprint density at radius 3 is 2.73 bits per heavy atom. The first-order valence-electron chi connectivity index (χ1n) is 8.40. The van der Waals surface area contributed by atoms with Crippen LogP contribution >= 0.6 is 22.9 Å². The third-order valence-electron chi connectivity index (χ3n) is 4.16. The summed E-state index contributed by atoms with van der Waals surface area (Å²) in [6, 6.07) is 12.3. The van der Waals surface area contributed by atoms with Gasteiger partial charge in [0.25, 0.3) is 0 Å². The lowest BCUT2D eigenvalue weighted by Gasteiger charge is -2.21. The number of aromatic nitrogens is 1. The standard InChI is InChI=1S/C21H22ClNO2S/c1-14-4-5-18(19(22)8-14)20-10-16(12-26-20)15-6-7-23-17(9-15)11-21(2,24)13-25-3/h4-10,12,24H,11,13H2,1-3H3. The molecule has 3 rings (SSSR count). The fourth-order valence-electron chi connectivity index (χ4n) is 2.96. The van der Waals surface area contributed by atoms with Crippen LogP contribution in [0.4, 0.5) is 0 Å². The number of halogens is 1. The predicted octanol–water partition coefficient (Wildman–Crippen LogP) is 5.38. The van der Waals surface area contributed by atoms with Crippen molar-refractivity contribution in [1.29, 1.82) is 0 Å². The van der Waals surface area contributed by atoms with Gasteiger partial charge in [0, 0.05) is 40.9 Å². The van der Waals surface area contributed by atoms with Crippen LogP contribution in [0.25, 0.3) is 21.6 Å². The number of hydrogen-bond donors (Lipinski definition) is 1. The van der Waals surface area contributed by atoms with Crippen LogP contribution in [0.2, 0.25) is 5.02 Å². The fraction of sp³-hybridized carbons (Fsp3) is 0.286. The molecular formula is C21H22ClNO2S. The molecule has 1 unspecified atom stereocenters. The first-order chi connectivity index (χ1) is 12.4. The van der Waals surface area contributed by atoms with E-state index < -0.39 is 5.60 Å². The molecule has 1 aromatic carbocycles. The Morgan fingerprint density at radius 2 is 2.00 bits per heavy atom. The predicted molar refractivity (Wildman–Crippen MR) is 109 cm³/mol. The molecule has 0 radical (unpaired) electrons. The summed E-state index contributed by atoms with van der Waals surface area (Å²) in [4.78, 5) is 5.52. The van der Waals surface area contributed by atoms with E-state index in [1.165, 1.54) is 0 Å². The van der Waals surface area contributed by atoms with E-state index in [-0.39, 0.29) is 6.61 Å². The van der Waals surface area contributed by atoms with E-state index >= 15 is 0 Å². The van der Waals surface area contributed by atoms with E-state index in [2.05, 4.69) is 28.6 Å². The highest BCUT2D eigenvalue weighted by atomic mass is 35.5. The highest BCUT2D eigenvalue weighted by Gasteiger charge is 2.21. The van der Waals surface area contributed by atoms with Crippen LogP contribution in [-0.2, 0) is 11.2 Å². The summed E-state index contributed by atoms with van der Waals surface area (Å²) in [6.45, 7) is 4.06. The molecule has 0 spiro atoms. The van der Waals surface area contributed by atoms with Crippen molar-refractivity contribution in [1.82, 2.24) is 4.98 Å². The number of rotatable bonds is 6. The zero-order valence-corrected chi connectivity index (χ0v) is 16.7. The van der Waals surface area contributed by atoms with Crippen LogP contribution < -0.4 is 0 Å². The Kier molecular flexibility index (Phi) is 5.78. The highest BCUT2D eigenvalue weighted by molar-refractivity contribution is 7.14. The number of thiophene rings is 1. The number of nitrogens with zero attached hydrogens (tertiary/aromatic N) is 1. The molecule has 5 heteroatoms. The highest BCUT2D eigenvalue weighted by Crippen LogP contribution is 2.36. The zero-order valence-electron chi connectivity index (χ0n) is 15.1. The van der Waals surface area contributed by atoms with Gasteiger partial charge in [0.2, 0.25) is 0 Å². The van der Waals surface area contributed by atoms with Crippen molar-refractivity contribution in [3.8, 4) is 21.6 Å². The summed E-state index contributed by atoms with van der Waals surface area (Å²) in [7, 11) is 1.58. The van der Waals surface area contributed by atoms with E-state index in [1.54, 1.807) is 31.6 Å². The first-order valence-corrected chi connectivity index (χ1v) is 9.65. The topological polar surface area (TPSA) is 42.4 Å². The van der Waals surface area contributed by atoms with Gasteiger partial charge >= 0.3 is 0 Å². The average Bonchev–Trinajstić information content (AvgIpc) is 3.04. The maximum absolute atomic E-state index is 10.4. The number of aryl methyl sites for hydroxylation is 1. The zero-order chi connectivity index (χ0) is 18.7. The maximum atomic E-state index is 10.4. The van der Waals surface area contributed by atoms with Gasteiger partial charge in [0.05, 0.1) is 12.2 Å². The number of methoxy groups -OCH3 is 1. The van der Waals surface area contributed by atoms with Crippen molar-refractivity contribution in [2.45, 2.75) is 25.9 Å². The molecule has 2 aromatic heterocycles. The van der Waals surface area contributed by atoms with Crippen molar-refractivity contribution in [3.63, 3.8) is 0 Å². The van der Waals surface area contributed by atoms with Crippen LogP contribution in [0.15, 0.2) is 48.0 Å². The molecule has 0 amide bonds. The second-order valence-corrected chi connectivity index (χ2v) is 8.14. The molecule has 0 saturated carbocycles. The molecule has 0 aliphatic heterocycles. The summed E-state index contributed by atoms with van der Waals surface area (Å²) in [5.41, 5.74) is 4.30. The normalized spacial score (nSPS) is 13.6. The molecule has 136 valence electrons. The van der Waals surface area contributed by atoms with Gasteiger partial charge in [-0.15, -0.1) is 11.3 Å². The Hall–Kier alpha value is -1.72. The van der Waals surface area contributed by atoms with Gasteiger partial charge in [-0.3, -0.25) is 4.98 Å². The lowest BCUT2D eigenvalue weighted by Crippen LogP contribution is -2.33. The van der Waals surface area contributed by atoms with E-state index in [1.807, 2.05) is 25.1 Å².